The number of hydrogen-bond acceptors (Lipinski definition) is 2. The van der Waals surface area contributed by atoms with Gasteiger partial charge in [0.15, 0.2) is 0 Å². The fourth-order valence-electron chi connectivity index (χ4n) is 3.23. The zero-order chi connectivity index (χ0) is 16.3. The number of halogens is 2. The summed E-state index contributed by atoms with van der Waals surface area (Å²) in [5.41, 5.74) is 1.41. The Labute approximate surface area is 146 Å². The molecule has 2 aromatic rings. The van der Waals surface area contributed by atoms with Crippen molar-refractivity contribution in [3.05, 3.63) is 69.7 Å². The van der Waals surface area contributed by atoms with Crippen LogP contribution in [0.5, 0.6) is 0 Å². The van der Waals surface area contributed by atoms with E-state index in [0.717, 1.165) is 36.8 Å². The number of hydrogen-bond donors (Lipinski definition) is 0. The third-order valence-electron chi connectivity index (χ3n) is 4.53. The van der Waals surface area contributed by atoms with Gasteiger partial charge < -0.3 is 4.74 Å². The molecule has 0 N–H and O–H groups in total. The Kier molecular flexibility index (Phi) is 4.93. The summed E-state index contributed by atoms with van der Waals surface area (Å²) in [6.07, 6.45) is 3.74. The first-order valence-electron chi connectivity index (χ1n) is 7.78. The highest BCUT2D eigenvalue weighted by atomic mass is 35.5. The van der Waals surface area contributed by atoms with E-state index in [0.29, 0.717) is 10.0 Å². The average molecular weight is 349 g/mol. The normalized spacial score (nSPS) is 16.3. The molecule has 0 unspecified atom stereocenters. The Morgan fingerprint density at radius 1 is 0.913 bits per heavy atom. The molecule has 0 amide bonds. The summed E-state index contributed by atoms with van der Waals surface area (Å²) in [5, 5.41) is 1.35. The lowest BCUT2D eigenvalue weighted by Crippen LogP contribution is -2.34. The van der Waals surface area contributed by atoms with E-state index < -0.39 is 5.41 Å². The van der Waals surface area contributed by atoms with Crippen molar-refractivity contribution < 1.29 is 9.53 Å². The van der Waals surface area contributed by atoms with Crippen LogP contribution in [0.25, 0.3) is 0 Å². The first kappa shape index (κ1) is 16.4. The topological polar surface area (TPSA) is 26.3 Å². The second kappa shape index (κ2) is 6.94. The van der Waals surface area contributed by atoms with Gasteiger partial charge in [0, 0.05) is 10.0 Å². The number of rotatable bonds is 4. The van der Waals surface area contributed by atoms with Gasteiger partial charge in [-0.15, -0.1) is 0 Å². The zero-order valence-corrected chi connectivity index (χ0v) is 14.2. The maximum absolute atomic E-state index is 12.8. The van der Waals surface area contributed by atoms with Crippen LogP contribution in [0, 0.1) is 0 Å². The Bertz CT molecular complexity index is 672. The molecule has 4 heteroatoms. The molecule has 0 spiro atoms. The van der Waals surface area contributed by atoms with Gasteiger partial charge in [-0.25, -0.2) is 0 Å². The molecule has 0 saturated heterocycles. The summed E-state index contributed by atoms with van der Waals surface area (Å²) in [6.45, 7) is 0.269. The van der Waals surface area contributed by atoms with Gasteiger partial charge >= 0.3 is 5.97 Å². The van der Waals surface area contributed by atoms with E-state index in [-0.39, 0.29) is 12.6 Å². The monoisotopic (exact) mass is 348 g/mol. The first-order chi connectivity index (χ1) is 11.1. The van der Waals surface area contributed by atoms with Crippen LogP contribution < -0.4 is 0 Å². The van der Waals surface area contributed by atoms with Crippen LogP contribution in [-0.4, -0.2) is 5.97 Å². The van der Waals surface area contributed by atoms with Crippen molar-refractivity contribution in [2.75, 3.05) is 0 Å². The molecule has 23 heavy (non-hydrogen) atoms. The molecule has 2 aromatic carbocycles. The second-order valence-electron chi connectivity index (χ2n) is 6.00. The number of esters is 1. The fraction of sp³-hybridized carbons (Fsp3) is 0.316. The quantitative estimate of drug-likeness (QED) is 0.677. The third kappa shape index (κ3) is 3.54. The van der Waals surface area contributed by atoms with Gasteiger partial charge in [0.1, 0.15) is 6.61 Å². The van der Waals surface area contributed by atoms with E-state index in [1.54, 1.807) is 12.1 Å². The summed E-state index contributed by atoms with van der Waals surface area (Å²) in [4.78, 5) is 12.8. The van der Waals surface area contributed by atoms with Gasteiger partial charge in [0.25, 0.3) is 0 Å². The highest BCUT2D eigenvalue weighted by Crippen LogP contribution is 2.42. The first-order valence-corrected chi connectivity index (χ1v) is 8.53. The minimum absolute atomic E-state index is 0.146. The van der Waals surface area contributed by atoms with Crippen LogP contribution in [0.4, 0.5) is 0 Å². The fourth-order valence-corrected chi connectivity index (χ4v) is 3.48. The molecule has 0 radical (unpaired) electrons. The van der Waals surface area contributed by atoms with Gasteiger partial charge in [-0.1, -0.05) is 60.3 Å². The molecule has 0 atom stereocenters. The van der Waals surface area contributed by atoms with Crippen LogP contribution >= 0.6 is 23.2 Å². The van der Waals surface area contributed by atoms with Crippen LogP contribution in [0.1, 0.15) is 36.8 Å². The standard InChI is InChI=1S/C19H18Cl2O2/c20-16-7-3-14(4-8-16)13-23-18(22)19(11-1-2-12-19)15-5-9-17(21)10-6-15/h3-10H,1-2,11-13H2. The largest absolute Gasteiger partial charge is 0.460 e. The molecule has 0 heterocycles. The molecule has 1 saturated carbocycles. The number of carbonyl (C=O) groups is 1. The van der Waals surface area contributed by atoms with Gasteiger partial charge in [-0.2, -0.15) is 0 Å². The Balaban J connectivity index is 1.76. The van der Waals surface area contributed by atoms with Gasteiger partial charge in [0.2, 0.25) is 0 Å². The SMILES string of the molecule is O=C(OCc1ccc(Cl)cc1)C1(c2ccc(Cl)cc2)CCCC1. The lowest BCUT2D eigenvalue weighted by Gasteiger charge is -2.27. The molecular weight excluding hydrogens is 331 g/mol. The Hall–Kier alpha value is -1.51. The minimum Gasteiger partial charge on any atom is -0.460 e. The predicted octanol–water partition coefficient (Wildman–Crippen LogP) is 5.55. The van der Waals surface area contributed by atoms with E-state index in [9.17, 15) is 4.79 Å². The van der Waals surface area contributed by atoms with Crippen molar-refractivity contribution in [1.82, 2.24) is 0 Å². The molecule has 2 nitrogen and oxygen atoms in total. The van der Waals surface area contributed by atoms with E-state index in [1.165, 1.54) is 0 Å². The van der Waals surface area contributed by atoms with E-state index in [4.69, 9.17) is 27.9 Å². The predicted molar refractivity (Wildman–Crippen MR) is 92.8 cm³/mol. The Morgan fingerprint density at radius 2 is 1.43 bits per heavy atom. The van der Waals surface area contributed by atoms with Gasteiger partial charge in [0.05, 0.1) is 5.41 Å². The Morgan fingerprint density at radius 3 is 2.00 bits per heavy atom. The van der Waals surface area contributed by atoms with Crippen molar-refractivity contribution >= 4 is 29.2 Å². The molecule has 1 aliphatic carbocycles. The maximum Gasteiger partial charge on any atom is 0.316 e. The lowest BCUT2D eigenvalue weighted by atomic mass is 9.79. The molecule has 1 fully saturated rings. The minimum atomic E-state index is -0.531. The number of benzene rings is 2. The number of carbonyl (C=O) groups excluding carboxylic acids is 1. The molecule has 0 bridgehead atoms. The zero-order valence-electron chi connectivity index (χ0n) is 12.7. The van der Waals surface area contributed by atoms with Crippen molar-refractivity contribution in [2.45, 2.75) is 37.7 Å². The van der Waals surface area contributed by atoms with Gasteiger partial charge in [-0.05, 0) is 48.2 Å². The summed E-state index contributed by atoms with van der Waals surface area (Å²) in [5.74, 6) is -0.146. The summed E-state index contributed by atoms with van der Waals surface area (Å²) >= 11 is 11.8. The highest BCUT2D eigenvalue weighted by Gasteiger charge is 2.44. The van der Waals surface area contributed by atoms with Crippen LogP contribution in [0.2, 0.25) is 10.0 Å². The van der Waals surface area contributed by atoms with Crippen molar-refractivity contribution in [2.24, 2.45) is 0 Å². The van der Waals surface area contributed by atoms with Crippen molar-refractivity contribution in [3.63, 3.8) is 0 Å². The summed E-state index contributed by atoms with van der Waals surface area (Å²) in [6, 6.07) is 14.9. The molecule has 3 rings (SSSR count). The van der Waals surface area contributed by atoms with E-state index in [1.807, 2.05) is 36.4 Å². The van der Waals surface area contributed by atoms with Crippen LogP contribution in [0.15, 0.2) is 48.5 Å². The van der Waals surface area contributed by atoms with Crippen LogP contribution in [0.3, 0.4) is 0 Å². The van der Waals surface area contributed by atoms with Gasteiger partial charge in [-0.3, -0.25) is 4.79 Å². The molecule has 0 aliphatic heterocycles. The maximum atomic E-state index is 12.8. The van der Waals surface area contributed by atoms with E-state index >= 15 is 0 Å². The smallest absolute Gasteiger partial charge is 0.316 e. The average Bonchev–Trinajstić information content (AvgIpc) is 3.06. The van der Waals surface area contributed by atoms with Crippen molar-refractivity contribution in [3.8, 4) is 0 Å². The van der Waals surface area contributed by atoms with E-state index in [2.05, 4.69) is 0 Å². The molecule has 0 aromatic heterocycles. The highest BCUT2D eigenvalue weighted by molar-refractivity contribution is 6.30. The molecule has 1 aliphatic rings. The summed E-state index contributed by atoms with van der Waals surface area (Å²) < 4.78 is 5.62. The van der Waals surface area contributed by atoms with Crippen molar-refractivity contribution in [1.29, 1.82) is 0 Å². The summed E-state index contributed by atoms with van der Waals surface area (Å²) in [7, 11) is 0. The molecular formula is C19H18Cl2O2. The lowest BCUT2D eigenvalue weighted by molar-refractivity contribution is -0.152. The number of ether oxygens (including phenoxy) is 1. The van der Waals surface area contributed by atoms with Crippen LogP contribution in [-0.2, 0) is 21.6 Å². The molecule has 120 valence electrons. The third-order valence-corrected chi connectivity index (χ3v) is 5.03. The second-order valence-corrected chi connectivity index (χ2v) is 6.87.